The SMILES string of the molecule is COc1ccc(C2CCC(=O)C3(C=Nc4ccccc43)C2)cc1F. The van der Waals surface area contributed by atoms with Crippen LogP contribution in [-0.2, 0) is 10.2 Å². The number of benzene rings is 2. The summed E-state index contributed by atoms with van der Waals surface area (Å²) < 4.78 is 19.1. The highest BCUT2D eigenvalue weighted by Crippen LogP contribution is 2.48. The molecule has 24 heavy (non-hydrogen) atoms. The van der Waals surface area contributed by atoms with Crippen LogP contribution >= 0.6 is 0 Å². The molecule has 1 spiro atoms. The van der Waals surface area contributed by atoms with Crippen LogP contribution in [0.5, 0.6) is 5.75 Å². The number of methoxy groups -OCH3 is 1. The van der Waals surface area contributed by atoms with Crippen LogP contribution < -0.4 is 4.74 Å². The molecule has 4 heteroatoms. The molecule has 1 aliphatic carbocycles. The normalized spacial score (nSPS) is 25.1. The lowest BCUT2D eigenvalue weighted by atomic mass is 9.65. The lowest BCUT2D eigenvalue weighted by molar-refractivity contribution is -0.124. The molecule has 0 radical (unpaired) electrons. The Morgan fingerprint density at radius 1 is 1.25 bits per heavy atom. The lowest BCUT2D eigenvalue weighted by Crippen LogP contribution is -2.41. The van der Waals surface area contributed by atoms with Crippen LogP contribution in [0.2, 0.25) is 0 Å². The third-order valence-corrected chi connectivity index (χ3v) is 5.24. The zero-order valence-electron chi connectivity index (χ0n) is 13.5. The number of aliphatic imine (C=N–C) groups is 1. The number of halogens is 1. The summed E-state index contributed by atoms with van der Waals surface area (Å²) in [7, 11) is 1.46. The van der Waals surface area contributed by atoms with Crippen LogP contribution in [0.25, 0.3) is 0 Å². The van der Waals surface area contributed by atoms with Gasteiger partial charge in [-0.1, -0.05) is 24.3 Å². The van der Waals surface area contributed by atoms with Gasteiger partial charge in [0.2, 0.25) is 0 Å². The second-order valence-corrected chi connectivity index (χ2v) is 6.50. The van der Waals surface area contributed by atoms with Gasteiger partial charge >= 0.3 is 0 Å². The van der Waals surface area contributed by atoms with Gasteiger partial charge in [-0.25, -0.2) is 4.39 Å². The Morgan fingerprint density at radius 3 is 2.88 bits per heavy atom. The molecular weight excluding hydrogens is 305 g/mol. The van der Waals surface area contributed by atoms with E-state index in [4.69, 9.17) is 4.74 Å². The van der Waals surface area contributed by atoms with E-state index in [2.05, 4.69) is 4.99 Å². The Labute approximate surface area is 140 Å². The third kappa shape index (κ3) is 2.17. The number of nitrogens with zero attached hydrogens (tertiary/aromatic N) is 1. The van der Waals surface area contributed by atoms with E-state index >= 15 is 0 Å². The molecule has 3 nitrogen and oxygen atoms in total. The molecule has 0 bridgehead atoms. The van der Waals surface area contributed by atoms with E-state index < -0.39 is 5.41 Å². The van der Waals surface area contributed by atoms with Gasteiger partial charge in [-0.2, -0.15) is 0 Å². The van der Waals surface area contributed by atoms with Gasteiger partial charge in [0.15, 0.2) is 11.6 Å². The molecule has 4 rings (SSSR count). The molecule has 0 aromatic heterocycles. The Kier molecular flexibility index (Phi) is 3.48. The van der Waals surface area contributed by atoms with Gasteiger partial charge in [0.05, 0.1) is 18.2 Å². The van der Waals surface area contributed by atoms with Crippen molar-refractivity contribution in [3.63, 3.8) is 0 Å². The molecular formula is C20H18FNO2. The van der Waals surface area contributed by atoms with E-state index in [-0.39, 0.29) is 23.3 Å². The van der Waals surface area contributed by atoms with E-state index in [0.29, 0.717) is 12.8 Å². The van der Waals surface area contributed by atoms with Crippen molar-refractivity contribution in [3.05, 3.63) is 59.4 Å². The van der Waals surface area contributed by atoms with E-state index in [1.54, 1.807) is 12.3 Å². The average molecular weight is 323 g/mol. The minimum Gasteiger partial charge on any atom is -0.494 e. The number of ketones is 1. The number of hydrogen-bond acceptors (Lipinski definition) is 3. The molecule has 1 fully saturated rings. The number of carbonyl (C=O) groups is 1. The fraction of sp³-hybridized carbons (Fsp3) is 0.300. The summed E-state index contributed by atoms with van der Waals surface area (Å²) in [4.78, 5) is 17.2. The van der Waals surface area contributed by atoms with E-state index in [9.17, 15) is 9.18 Å². The lowest BCUT2D eigenvalue weighted by Gasteiger charge is -2.35. The first-order valence-electron chi connectivity index (χ1n) is 8.15. The maximum Gasteiger partial charge on any atom is 0.165 e. The quantitative estimate of drug-likeness (QED) is 0.825. The summed E-state index contributed by atoms with van der Waals surface area (Å²) in [6.07, 6.45) is 3.66. The first kappa shape index (κ1) is 15.1. The van der Waals surface area contributed by atoms with Gasteiger partial charge in [0.25, 0.3) is 0 Å². The molecule has 1 saturated carbocycles. The van der Waals surface area contributed by atoms with Gasteiger partial charge in [0, 0.05) is 12.6 Å². The average Bonchev–Trinajstić information content (AvgIpc) is 2.97. The van der Waals surface area contributed by atoms with Gasteiger partial charge in [0.1, 0.15) is 5.78 Å². The monoisotopic (exact) mass is 323 g/mol. The van der Waals surface area contributed by atoms with Crippen LogP contribution in [0.15, 0.2) is 47.5 Å². The highest BCUT2D eigenvalue weighted by atomic mass is 19.1. The molecule has 0 amide bonds. The molecule has 2 atom stereocenters. The predicted octanol–water partition coefficient (Wildman–Crippen LogP) is 4.32. The zero-order valence-corrected chi connectivity index (χ0v) is 13.5. The summed E-state index contributed by atoms with van der Waals surface area (Å²) in [5.74, 6) is 0.219. The minimum atomic E-state index is -0.657. The Balaban J connectivity index is 1.71. The molecule has 1 aliphatic heterocycles. The Morgan fingerprint density at radius 2 is 2.08 bits per heavy atom. The molecule has 2 aromatic carbocycles. The molecule has 2 aromatic rings. The first-order chi connectivity index (χ1) is 11.6. The topological polar surface area (TPSA) is 38.7 Å². The van der Waals surface area contributed by atoms with Crippen molar-refractivity contribution in [2.45, 2.75) is 30.6 Å². The number of para-hydroxylation sites is 1. The predicted molar refractivity (Wildman–Crippen MR) is 90.8 cm³/mol. The Bertz CT molecular complexity index is 845. The Hall–Kier alpha value is -2.49. The number of fused-ring (bicyclic) bond motifs is 2. The van der Waals surface area contributed by atoms with Gasteiger partial charge < -0.3 is 4.74 Å². The summed E-state index contributed by atoms with van der Waals surface area (Å²) in [5, 5.41) is 0. The fourth-order valence-electron chi connectivity index (χ4n) is 3.95. The maximum atomic E-state index is 14.1. The summed E-state index contributed by atoms with van der Waals surface area (Å²) >= 11 is 0. The third-order valence-electron chi connectivity index (χ3n) is 5.24. The van der Waals surface area contributed by atoms with Crippen LogP contribution in [0.4, 0.5) is 10.1 Å². The summed E-state index contributed by atoms with van der Waals surface area (Å²) in [5.41, 5.74) is 2.11. The second-order valence-electron chi connectivity index (χ2n) is 6.50. The van der Waals surface area contributed by atoms with Crippen LogP contribution in [0.3, 0.4) is 0 Å². The van der Waals surface area contributed by atoms with E-state index in [1.807, 2.05) is 30.3 Å². The van der Waals surface area contributed by atoms with Crippen molar-refractivity contribution in [1.29, 1.82) is 0 Å². The maximum absolute atomic E-state index is 14.1. The van der Waals surface area contributed by atoms with E-state index in [0.717, 1.165) is 23.2 Å². The molecule has 122 valence electrons. The number of rotatable bonds is 2. The van der Waals surface area contributed by atoms with Gasteiger partial charge in [-0.05, 0) is 48.1 Å². The fourth-order valence-corrected chi connectivity index (χ4v) is 3.95. The summed E-state index contributed by atoms with van der Waals surface area (Å²) in [6.45, 7) is 0. The van der Waals surface area contributed by atoms with Crippen molar-refractivity contribution in [3.8, 4) is 5.75 Å². The van der Waals surface area contributed by atoms with Crippen LogP contribution in [0.1, 0.15) is 36.3 Å². The molecule has 2 aliphatic rings. The van der Waals surface area contributed by atoms with Gasteiger partial charge in [-0.15, -0.1) is 0 Å². The second kappa shape index (κ2) is 5.55. The number of ether oxygens (including phenoxy) is 1. The van der Waals surface area contributed by atoms with Crippen molar-refractivity contribution >= 4 is 17.7 Å². The van der Waals surface area contributed by atoms with Crippen LogP contribution in [-0.4, -0.2) is 19.1 Å². The van der Waals surface area contributed by atoms with Crippen molar-refractivity contribution in [2.24, 2.45) is 4.99 Å². The van der Waals surface area contributed by atoms with E-state index in [1.165, 1.54) is 13.2 Å². The van der Waals surface area contributed by atoms with Crippen LogP contribution in [0, 0.1) is 5.82 Å². The van der Waals surface area contributed by atoms with Gasteiger partial charge in [-0.3, -0.25) is 9.79 Å². The number of Topliss-reactive ketones (excluding diaryl/α,β-unsaturated/α-hetero) is 1. The zero-order chi connectivity index (χ0) is 16.7. The summed E-state index contributed by atoms with van der Waals surface area (Å²) in [6, 6.07) is 12.9. The standard InChI is InChI=1S/C20H18FNO2/c1-24-18-8-6-13(10-16(18)21)14-7-9-19(23)20(11-14)12-22-17-5-3-2-4-15(17)20/h2-6,8,10,12,14H,7,9,11H2,1H3. The highest BCUT2D eigenvalue weighted by Gasteiger charge is 2.47. The van der Waals surface area contributed by atoms with Crippen molar-refractivity contribution in [1.82, 2.24) is 0 Å². The molecule has 1 heterocycles. The smallest absolute Gasteiger partial charge is 0.165 e. The van der Waals surface area contributed by atoms with Crippen molar-refractivity contribution < 1.29 is 13.9 Å². The first-order valence-corrected chi connectivity index (χ1v) is 8.15. The number of hydrogen-bond donors (Lipinski definition) is 0. The molecule has 0 saturated heterocycles. The number of carbonyl (C=O) groups excluding carboxylic acids is 1. The molecule has 2 unspecified atom stereocenters. The highest BCUT2D eigenvalue weighted by molar-refractivity contribution is 6.10. The molecule has 0 N–H and O–H groups in total. The van der Waals surface area contributed by atoms with Crippen molar-refractivity contribution in [2.75, 3.05) is 7.11 Å². The largest absolute Gasteiger partial charge is 0.494 e. The minimum absolute atomic E-state index is 0.126.